The lowest BCUT2D eigenvalue weighted by atomic mass is 10.1. The first-order valence-electron chi connectivity index (χ1n) is 6.52. The second-order valence-corrected chi connectivity index (χ2v) is 4.95. The fraction of sp³-hybridized carbons (Fsp3) is 0.188. The van der Waals surface area contributed by atoms with Crippen LogP contribution in [0.5, 0.6) is 0 Å². The van der Waals surface area contributed by atoms with E-state index in [1.807, 2.05) is 36.4 Å². The highest BCUT2D eigenvalue weighted by Crippen LogP contribution is 2.18. The van der Waals surface area contributed by atoms with Gasteiger partial charge in [0.15, 0.2) is 0 Å². The van der Waals surface area contributed by atoms with E-state index < -0.39 is 0 Å². The van der Waals surface area contributed by atoms with Gasteiger partial charge in [0, 0.05) is 6.54 Å². The van der Waals surface area contributed by atoms with E-state index in [4.69, 9.17) is 11.6 Å². The third-order valence-corrected chi connectivity index (χ3v) is 3.63. The van der Waals surface area contributed by atoms with E-state index in [-0.39, 0.29) is 5.82 Å². The lowest BCUT2D eigenvalue weighted by Crippen LogP contribution is -2.05. The Bertz CT molecular complexity index is 719. The number of aromatic nitrogens is 2. The Morgan fingerprint density at radius 2 is 1.80 bits per heavy atom. The molecular weight excluding hydrogens is 275 g/mol. The number of halogens is 2. The van der Waals surface area contributed by atoms with Gasteiger partial charge < -0.3 is 4.57 Å². The zero-order valence-electron chi connectivity index (χ0n) is 10.9. The molecule has 1 aromatic heterocycles. The van der Waals surface area contributed by atoms with E-state index in [9.17, 15) is 4.39 Å². The Balaban J connectivity index is 1.88. The van der Waals surface area contributed by atoms with Crippen molar-refractivity contribution in [2.24, 2.45) is 0 Å². The fourth-order valence-electron chi connectivity index (χ4n) is 2.37. The summed E-state index contributed by atoms with van der Waals surface area (Å²) in [6, 6.07) is 14.6. The molecule has 1 heterocycles. The van der Waals surface area contributed by atoms with E-state index >= 15 is 0 Å². The van der Waals surface area contributed by atoms with Gasteiger partial charge in [-0.15, -0.1) is 11.6 Å². The second kappa shape index (κ2) is 5.63. The van der Waals surface area contributed by atoms with Crippen LogP contribution in [-0.2, 0) is 18.8 Å². The SMILES string of the molecule is Fc1ccc(CCn2c(CCl)nc3ccccc32)cc1. The first-order chi connectivity index (χ1) is 9.78. The van der Waals surface area contributed by atoms with Crippen LogP contribution in [-0.4, -0.2) is 9.55 Å². The molecule has 0 atom stereocenters. The fourth-order valence-corrected chi connectivity index (χ4v) is 2.57. The Kier molecular flexibility index (Phi) is 3.70. The van der Waals surface area contributed by atoms with Crippen molar-refractivity contribution in [3.8, 4) is 0 Å². The average molecular weight is 289 g/mol. The van der Waals surface area contributed by atoms with Crippen LogP contribution in [0.3, 0.4) is 0 Å². The summed E-state index contributed by atoms with van der Waals surface area (Å²) < 4.78 is 15.0. The standard InChI is InChI=1S/C16H14ClFN2/c17-11-16-19-14-3-1-2-4-15(14)20(16)10-9-12-5-7-13(18)8-6-12/h1-8H,9-11H2. The molecule has 3 rings (SSSR count). The largest absolute Gasteiger partial charge is 0.327 e. The minimum absolute atomic E-state index is 0.205. The van der Waals surface area contributed by atoms with Gasteiger partial charge in [-0.3, -0.25) is 0 Å². The highest BCUT2D eigenvalue weighted by Gasteiger charge is 2.09. The summed E-state index contributed by atoms with van der Waals surface area (Å²) in [5.74, 6) is 1.05. The molecule has 0 aliphatic heterocycles. The van der Waals surface area contributed by atoms with Crippen LogP contribution in [0.2, 0.25) is 0 Å². The van der Waals surface area contributed by atoms with E-state index in [0.29, 0.717) is 5.88 Å². The van der Waals surface area contributed by atoms with Gasteiger partial charge in [-0.2, -0.15) is 0 Å². The van der Waals surface area contributed by atoms with Crippen molar-refractivity contribution in [3.05, 3.63) is 65.7 Å². The van der Waals surface area contributed by atoms with Crippen molar-refractivity contribution in [2.75, 3.05) is 0 Å². The monoisotopic (exact) mass is 288 g/mol. The van der Waals surface area contributed by atoms with Crippen molar-refractivity contribution >= 4 is 22.6 Å². The molecule has 0 fully saturated rings. The number of benzene rings is 2. The van der Waals surface area contributed by atoms with E-state index in [2.05, 4.69) is 9.55 Å². The van der Waals surface area contributed by atoms with Crippen molar-refractivity contribution in [2.45, 2.75) is 18.8 Å². The number of hydrogen-bond acceptors (Lipinski definition) is 1. The van der Waals surface area contributed by atoms with Crippen LogP contribution in [0, 0.1) is 5.82 Å². The van der Waals surface area contributed by atoms with Crippen molar-refractivity contribution < 1.29 is 4.39 Å². The number of alkyl halides is 1. The summed E-state index contributed by atoms with van der Waals surface area (Å²) in [7, 11) is 0. The van der Waals surface area contributed by atoms with Crippen LogP contribution in [0.4, 0.5) is 4.39 Å². The Morgan fingerprint density at radius 3 is 2.55 bits per heavy atom. The molecule has 0 radical (unpaired) electrons. The molecule has 20 heavy (non-hydrogen) atoms. The summed E-state index contributed by atoms with van der Waals surface area (Å²) in [5.41, 5.74) is 3.15. The van der Waals surface area contributed by atoms with Gasteiger partial charge in [0.25, 0.3) is 0 Å². The van der Waals surface area contributed by atoms with E-state index in [0.717, 1.165) is 35.4 Å². The molecule has 0 amide bonds. The maximum Gasteiger partial charge on any atom is 0.124 e. The highest BCUT2D eigenvalue weighted by atomic mass is 35.5. The molecule has 3 aromatic rings. The minimum Gasteiger partial charge on any atom is -0.327 e. The van der Waals surface area contributed by atoms with Crippen molar-refractivity contribution in [1.82, 2.24) is 9.55 Å². The van der Waals surface area contributed by atoms with Gasteiger partial charge >= 0.3 is 0 Å². The molecule has 0 N–H and O–H groups in total. The molecule has 0 saturated heterocycles. The van der Waals surface area contributed by atoms with Crippen molar-refractivity contribution in [1.29, 1.82) is 0 Å². The van der Waals surface area contributed by atoms with Gasteiger partial charge in [0.2, 0.25) is 0 Å². The van der Waals surface area contributed by atoms with Gasteiger partial charge in [-0.05, 0) is 36.2 Å². The number of nitrogens with zero attached hydrogens (tertiary/aromatic N) is 2. The number of rotatable bonds is 4. The summed E-state index contributed by atoms with van der Waals surface area (Å²) in [6.07, 6.45) is 0.824. The second-order valence-electron chi connectivity index (χ2n) is 4.68. The quantitative estimate of drug-likeness (QED) is 0.659. The topological polar surface area (TPSA) is 17.8 Å². The molecule has 2 nitrogen and oxygen atoms in total. The smallest absolute Gasteiger partial charge is 0.124 e. The summed E-state index contributed by atoms with van der Waals surface area (Å²) >= 11 is 5.97. The lowest BCUT2D eigenvalue weighted by molar-refractivity contribution is 0.625. The predicted molar refractivity (Wildman–Crippen MR) is 79.4 cm³/mol. The first-order valence-corrected chi connectivity index (χ1v) is 7.06. The average Bonchev–Trinajstić information content (AvgIpc) is 2.84. The summed E-state index contributed by atoms with van der Waals surface area (Å²) in [6.45, 7) is 0.786. The minimum atomic E-state index is -0.205. The molecule has 0 unspecified atom stereocenters. The maximum atomic E-state index is 12.9. The molecule has 0 spiro atoms. The van der Waals surface area contributed by atoms with Gasteiger partial charge in [0.05, 0.1) is 16.9 Å². The van der Waals surface area contributed by atoms with E-state index in [1.54, 1.807) is 0 Å². The third-order valence-electron chi connectivity index (χ3n) is 3.39. The number of fused-ring (bicyclic) bond motifs is 1. The zero-order chi connectivity index (χ0) is 13.9. The van der Waals surface area contributed by atoms with Gasteiger partial charge in [-0.25, -0.2) is 9.37 Å². The third kappa shape index (κ3) is 2.54. The molecule has 2 aromatic carbocycles. The predicted octanol–water partition coefficient (Wildman–Crippen LogP) is 4.16. The molecular formula is C16H14ClFN2. The highest BCUT2D eigenvalue weighted by molar-refractivity contribution is 6.16. The normalized spacial score (nSPS) is 11.1. The van der Waals surface area contributed by atoms with Crippen LogP contribution in [0.15, 0.2) is 48.5 Å². The molecule has 0 aliphatic rings. The van der Waals surface area contributed by atoms with Crippen LogP contribution >= 0.6 is 11.6 Å². The van der Waals surface area contributed by atoms with Crippen LogP contribution in [0.25, 0.3) is 11.0 Å². The van der Waals surface area contributed by atoms with Gasteiger partial charge in [0.1, 0.15) is 11.6 Å². The zero-order valence-corrected chi connectivity index (χ0v) is 11.6. The molecule has 4 heteroatoms. The summed E-state index contributed by atoms with van der Waals surface area (Å²) in [5, 5.41) is 0. The maximum absolute atomic E-state index is 12.9. The van der Waals surface area contributed by atoms with Crippen LogP contribution < -0.4 is 0 Å². The number of hydrogen-bond donors (Lipinski definition) is 0. The van der Waals surface area contributed by atoms with Crippen LogP contribution in [0.1, 0.15) is 11.4 Å². The molecule has 0 bridgehead atoms. The van der Waals surface area contributed by atoms with Crippen molar-refractivity contribution in [3.63, 3.8) is 0 Å². The van der Waals surface area contributed by atoms with E-state index in [1.165, 1.54) is 12.1 Å². The molecule has 0 aliphatic carbocycles. The first kappa shape index (κ1) is 13.1. The number of aryl methyl sites for hydroxylation is 2. The Labute approximate surface area is 121 Å². The molecule has 102 valence electrons. The summed E-state index contributed by atoms with van der Waals surface area (Å²) in [4.78, 5) is 4.53. The number of imidazole rings is 1. The molecule has 0 saturated carbocycles. The Hall–Kier alpha value is -1.87. The number of para-hydroxylation sites is 2. The van der Waals surface area contributed by atoms with Gasteiger partial charge in [-0.1, -0.05) is 24.3 Å². The lowest BCUT2D eigenvalue weighted by Gasteiger charge is -2.08. The Morgan fingerprint density at radius 1 is 1.05 bits per heavy atom.